The minimum Gasteiger partial charge on any atom is -0.478 e. The number of nitrogens with zero attached hydrogens (tertiary/aromatic N) is 2. The van der Waals surface area contributed by atoms with Crippen molar-refractivity contribution in [3.63, 3.8) is 0 Å². The van der Waals surface area contributed by atoms with Crippen molar-refractivity contribution in [2.75, 3.05) is 11.3 Å². The van der Waals surface area contributed by atoms with Gasteiger partial charge in [0.1, 0.15) is 6.61 Å². The summed E-state index contributed by atoms with van der Waals surface area (Å²) in [7, 11) is -4.17. The van der Waals surface area contributed by atoms with E-state index in [9.17, 15) is 18.3 Å². The first kappa shape index (κ1) is 28.5. The summed E-state index contributed by atoms with van der Waals surface area (Å²) < 4.78 is 35.0. The SMILES string of the molecule is Cc1cccc(C)c1-c1cc(OCC(CC(C)C)NC2CCC2)nc(NS(=O)(=O)c2cccc(C(=O)O)c2)n1. The predicted molar refractivity (Wildman–Crippen MR) is 151 cm³/mol. The van der Waals surface area contributed by atoms with Gasteiger partial charge in [0.05, 0.1) is 16.2 Å². The highest BCUT2D eigenvalue weighted by molar-refractivity contribution is 7.92. The van der Waals surface area contributed by atoms with E-state index >= 15 is 0 Å². The van der Waals surface area contributed by atoms with Gasteiger partial charge in [0, 0.05) is 23.7 Å². The summed E-state index contributed by atoms with van der Waals surface area (Å²) in [6.07, 6.45) is 4.49. The Morgan fingerprint density at radius 1 is 1.08 bits per heavy atom. The molecule has 9 nitrogen and oxygen atoms in total. The molecular formula is C29H36N4O5S. The Morgan fingerprint density at radius 3 is 2.38 bits per heavy atom. The number of sulfonamides is 1. The van der Waals surface area contributed by atoms with Gasteiger partial charge in [-0.25, -0.2) is 22.9 Å². The lowest BCUT2D eigenvalue weighted by atomic mass is 9.91. The number of ether oxygens (including phenoxy) is 1. The Kier molecular flexibility index (Phi) is 8.87. The van der Waals surface area contributed by atoms with Crippen molar-refractivity contribution < 1.29 is 23.1 Å². The van der Waals surface area contributed by atoms with E-state index in [0.717, 1.165) is 42.0 Å². The summed E-state index contributed by atoms with van der Waals surface area (Å²) in [4.78, 5) is 20.1. The van der Waals surface area contributed by atoms with Crippen LogP contribution in [-0.4, -0.2) is 48.2 Å². The Morgan fingerprint density at radius 2 is 1.77 bits per heavy atom. The molecule has 1 fully saturated rings. The highest BCUT2D eigenvalue weighted by Gasteiger charge is 2.24. The van der Waals surface area contributed by atoms with Crippen molar-refractivity contribution in [1.82, 2.24) is 15.3 Å². The molecule has 1 saturated carbocycles. The Bertz CT molecular complexity index is 1420. The quantitative estimate of drug-likeness (QED) is 0.280. The fourth-order valence-electron chi connectivity index (χ4n) is 4.71. The Labute approximate surface area is 230 Å². The van der Waals surface area contributed by atoms with Gasteiger partial charge in [0.25, 0.3) is 10.0 Å². The molecule has 10 heteroatoms. The number of benzene rings is 2. The number of rotatable bonds is 12. The molecule has 2 aromatic carbocycles. The number of hydrogen-bond acceptors (Lipinski definition) is 7. The van der Waals surface area contributed by atoms with Crippen molar-refractivity contribution in [3.8, 4) is 17.1 Å². The van der Waals surface area contributed by atoms with Crippen LogP contribution in [0.5, 0.6) is 5.88 Å². The minimum absolute atomic E-state index is 0.132. The lowest BCUT2D eigenvalue weighted by molar-refractivity contribution is 0.0696. The van der Waals surface area contributed by atoms with E-state index in [-0.39, 0.29) is 28.3 Å². The van der Waals surface area contributed by atoms with Gasteiger partial charge in [-0.05, 0) is 68.4 Å². The number of carboxylic acid groups (broad SMARTS) is 1. The molecule has 0 bridgehead atoms. The first-order valence-electron chi connectivity index (χ1n) is 13.2. The highest BCUT2D eigenvalue weighted by atomic mass is 32.2. The molecule has 1 aliphatic rings. The molecule has 1 atom stereocenters. The number of nitrogens with one attached hydrogen (secondary N) is 2. The third-order valence-corrected chi connectivity index (χ3v) is 8.15. The number of hydrogen-bond donors (Lipinski definition) is 3. The fraction of sp³-hybridized carbons (Fsp3) is 0.414. The molecule has 3 N–H and O–H groups in total. The second-order valence-corrected chi connectivity index (χ2v) is 12.2. The molecular weight excluding hydrogens is 516 g/mol. The summed E-state index contributed by atoms with van der Waals surface area (Å²) in [5.74, 6) is -0.643. The first-order valence-corrected chi connectivity index (χ1v) is 14.7. The molecule has 1 aromatic heterocycles. The van der Waals surface area contributed by atoms with Gasteiger partial charge < -0.3 is 15.2 Å². The smallest absolute Gasteiger partial charge is 0.335 e. The maximum Gasteiger partial charge on any atom is 0.335 e. The molecule has 0 radical (unpaired) electrons. The lowest BCUT2D eigenvalue weighted by Crippen LogP contribution is -2.45. The predicted octanol–water partition coefficient (Wildman–Crippen LogP) is 5.20. The molecule has 3 aromatic rings. The maximum atomic E-state index is 13.2. The number of carbonyl (C=O) groups is 1. The van der Waals surface area contributed by atoms with E-state index in [4.69, 9.17) is 4.74 Å². The summed E-state index contributed by atoms with van der Waals surface area (Å²) in [6, 6.07) is 13.4. The molecule has 0 amide bonds. The first-order chi connectivity index (χ1) is 18.5. The third-order valence-electron chi connectivity index (χ3n) is 6.82. The van der Waals surface area contributed by atoms with Crippen LogP contribution in [0.15, 0.2) is 53.4 Å². The number of aromatic carboxylic acids is 1. The largest absolute Gasteiger partial charge is 0.478 e. The third kappa shape index (κ3) is 7.33. The second kappa shape index (κ2) is 12.1. The van der Waals surface area contributed by atoms with Crippen LogP contribution in [0.4, 0.5) is 5.95 Å². The van der Waals surface area contributed by atoms with Gasteiger partial charge >= 0.3 is 5.97 Å². The van der Waals surface area contributed by atoms with Crippen molar-refractivity contribution in [2.45, 2.75) is 70.4 Å². The summed E-state index contributed by atoms with van der Waals surface area (Å²) in [6.45, 7) is 8.66. The van der Waals surface area contributed by atoms with Crippen LogP contribution in [0.25, 0.3) is 11.3 Å². The fourth-order valence-corrected chi connectivity index (χ4v) is 5.70. The standard InChI is InChI=1S/C29H36N4O5S/c1-18(2)14-23(30-22-11-7-12-22)17-38-26-16-25(27-19(3)8-5-9-20(27)4)31-29(32-26)33-39(36,37)24-13-6-10-21(15-24)28(34)35/h5-6,8-10,13,15-16,18,22-23,30H,7,11-12,14,17H2,1-4H3,(H,34,35)(H,31,32,33). The van der Waals surface area contributed by atoms with Gasteiger partial charge in [-0.3, -0.25) is 0 Å². The summed E-state index contributed by atoms with van der Waals surface area (Å²) in [5, 5.41) is 13.0. The molecule has 0 spiro atoms. The molecule has 39 heavy (non-hydrogen) atoms. The molecule has 0 saturated heterocycles. The number of aryl methyl sites for hydroxylation is 2. The average Bonchev–Trinajstić information content (AvgIpc) is 2.84. The van der Waals surface area contributed by atoms with Crippen molar-refractivity contribution >= 4 is 21.9 Å². The monoisotopic (exact) mass is 552 g/mol. The molecule has 4 rings (SSSR count). The van der Waals surface area contributed by atoms with Gasteiger partial charge in [0.15, 0.2) is 0 Å². The summed E-state index contributed by atoms with van der Waals surface area (Å²) in [5.41, 5.74) is 3.21. The average molecular weight is 553 g/mol. The van der Waals surface area contributed by atoms with E-state index in [2.05, 4.69) is 33.9 Å². The zero-order chi connectivity index (χ0) is 28.2. The number of aromatic nitrogens is 2. The normalized spacial score (nSPS) is 14.6. The molecule has 0 aliphatic heterocycles. The van der Waals surface area contributed by atoms with Crippen LogP contribution in [0.1, 0.15) is 61.0 Å². The van der Waals surface area contributed by atoms with E-state index < -0.39 is 16.0 Å². The summed E-state index contributed by atoms with van der Waals surface area (Å²) >= 11 is 0. The van der Waals surface area contributed by atoms with E-state index in [1.54, 1.807) is 6.07 Å². The zero-order valence-electron chi connectivity index (χ0n) is 22.8. The van der Waals surface area contributed by atoms with Crippen molar-refractivity contribution in [2.24, 2.45) is 5.92 Å². The Hall–Kier alpha value is -3.50. The highest BCUT2D eigenvalue weighted by Crippen LogP contribution is 2.30. The maximum absolute atomic E-state index is 13.2. The number of anilines is 1. The molecule has 208 valence electrons. The van der Waals surface area contributed by atoms with Crippen LogP contribution >= 0.6 is 0 Å². The molecule has 1 heterocycles. The zero-order valence-corrected chi connectivity index (χ0v) is 23.6. The second-order valence-electron chi connectivity index (χ2n) is 10.6. The van der Waals surface area contributed by atoms with Crippen LogP contribution < -0.4 is 14.8 Å². The minimum atomic E-state index is -4.17. The molecule has 1 unspecified atom stereocenters. The molecule has 1 aliphatic carbocycles. The van der Waals surface area contributed by atoms with Gasteiger partial charge in [0.2, 0.25) is 11.8 Å². The van der Waals surface area contributed by atoms with E-state index in [0.29, 0.717) is 24.3 Å². The number of carboxylic acids is 1. The lowest BCUT2D eigenvalue weighted by Gasteiger charge is -2.32. The Balaban J connectivity index is 1.67. The van der Waals surface area contributed by atoms with Gasteiger partial charge in [-0.2, -0.15) is 4.98 Å². The van der Waals surface area contributed by atoms with Crippen LogP contribution in [0.2, 0.25) is 0 Å². The van der Waals surface area contributed by atoms with Gasteiger partial charge in [-0.15, -0.1) is 0 Å². The van der Waals surface area contributed by atoms with E-state index in [1.165, 1.54) is 24.6 Å². The van der Waals surface area contributed by atoms with Crippen LogP contribution in [0, 0.1) is 19.8 Å². The van der Waals surface area contributed by atoms with Crippen molar-refractivity contribution in [3.05, 3.63) is 65.2 Å². The van der Waals surface area contributed by atoms with Crippen molar-refractivity contribution in [1.29, 1.82) is 0 Å². The van der Waals surface area contributed by atoms with Gasteiger partial charge in [-0.1, -0.05) is 44.5 Å². The van der Waals surface area contributed by atoms with E-state index in [1.807, 2.05) is 32.0 Å². The van der Waals surface area contributed by atoms with Crippen LogP contribution in [-0.2, 0) is 10.0 Å². The van der Waals surface area contributed by atoms with Crippen LogP contribution in [0.3, 0.4) is 0 Å². The topological polar surface area (TPSA) is 131 Å².